The van der Waals surface area contributed by atoms with Gasteiger partial charge in [0, 0.05) is 19.3 Å². The lowest BCUT2D eigenvalue weighted by atomic mass is 9.43. The fraction of sp³-hybridized carbons (Fsp3) is 0.644. The second kappa shape index (κ2) is 26.5. The summed E-state index contributed by atoms with van der Waals surface area (Å²) in [5.74, 6) is -20.2. The number of carboxylic acid groups (broad SMARTS) is 2. The Labute approximate surface area is 395 Å². The molecule has 21 N–H and O–H groups in total. The third-order valence-corrected chi connectivity index (χ3v) is 13.0. The maximum absolute atomic E-state index is 16.4. The van der Waals surface area contributed by atoms with E-state index in [2.05, 4.69) is 0 Å². The highest BCUT2D eigenvalue weighted by molar-refractivity contribution is 6.30. The molecule has 0 heterocycles. The number of unbranched alkanes of at least 4 members (excludes halogenated alkanes) is 1. The molecule has 0 saturated carbocycles. The molecule has 0 bridgehead atoms. The van der Waals surface area contributed by atoms with Gasteiger partial charge in [0.05, 0.1) is 54.3 Å². The van der Waals surface area contributed by atoms with Gasteiger partial charge >= 0.3 is 11.9 Å². The minimum Gasteiger partial charge on any atom is -0.481 e. The van der Waals surface area contributed by atoms with Crippen molar-refractivity contribution in [1.82, 2.24) is 4.90 Å². The molecule has 23 nitrogen and oxygen atoms in total. The van der Waals surface area contributed by atoms with Gasteiger partial charge in [0.25, 0.3) is 0 Å². The van der Waals surface area contributed by atoms with Gasteiger partial charge in [0.1, 0.15) is 5.41 Å². The van der Waals surface area contributed by atoms with Gasteiger partial charge in [-0.2, -0.15) is 0 Å². The summed E-state index contributed by atoms with van der Waals surface area (Å²) in [5.41, 5.74) is 44.4. The van der Waals surface area contributed by atoms with E-state index in [1.165, 1.54) is 45.0 Å². The summed E-state index contributed by atoms with van der Waals surface area (Å²) in [6.07, 6.45) is -5.51. The van der Waals surface area contributed by atoms with Crippen LogP contribution in [0.4, 0.5) is 0 Å². The molecule has 0 fully saturated rings. The maximum Gasteiger partial charge on any atom is 0.339 e. The maximum atomic E-state index is 16.4. The second-order valence-electron chi connectivity index (χ2n) is 17.8. The van der Waals surface area contributed by atoms with Crippen LogP contribution in [0.5, 0.6) is 0 Å². The van der Waals surface area contributed by atoms with Crippen LogP contribution >= 0.6 is 0 Å². The normalized spacial score (nSPS) is 18.3. The smallest absolute Gasteiger partial charge is 0.339 e. The molecule has 12 atom stereocenters. The molecule has 68 heavy (non-hydrogen) atoms. The molecule has 1 rings (SSSR count). The lowest BCUT2D eigenvalue weighted by molar-refractivity contribution is -0.199. The van der Waals surface area contributed by atoms with Crippen molar-refractivity contribution >= 4 is 58.6 Å². The van der Waals surface area contributed by atoms with Crippen LogP contribution in [0.1, 0.15) is 98.0 Å². The SMILES string of the molecule is CCC(C)C(N)C(=O)C(C)(CC(=O)C(N)CO)C(C(=O)C(N)CC(N)=O)(C(=O)C(N)C(C)CC)C(C(=O)O)(C(=O)C(N)Cc1ccccc1)N(C(=O)C(N)CCCCN)C(=O)C(N)CCC(=O)O. The lowest BCUT2D eigenvalue weighted by Crippen LogP contribution is -2.86. The van der Waals surface area contributed by atoms with Crippen LogP contribution < -0.4 is 51.6 Å². The molecule has 0 aromatic heterocycles. The summed E-state index contributed by atoms with van der Waals surface area (Å²) < 4.78 is 0. The zero-order valence-corrected chi connectivity index (χ0v) is 39.6. The molecular weight excluding hydrogens is 889 g/mol. The van der Waals surface area contributed by atoms with Crippen molar-refractivity contribution in [3.8, 4) is 0 Å². The summed E-state index contributed by atoms with van der Waals surface area (Å²) in [5, 5.41) is 32.1. The minimum absolute atomic E-state index is 0.0108. The molecule has 0 radical (unpaired) electrons. The molecule has 23 heteroatoms. The zero-order valence-electron chi connectivity index (χ0n) is 39.6. The van der Waals surface area contributed by atoms with Gasteiger partial charge in [-0.25, -0.2) is 4.79 Å². The Bertz CT molecular complexity index is 1990. The Kier molecular flexibility index (Phi) is 23.7. The first kappa shape index (κ1) is 60.8. The Balaban J connectivity index is 5.60. The molecular formula is C45H74N10O13. The average Bonchev–Trinajstić information content (AvgIpc) is 3.30. The van der Waals surface area contributed by atoms with Crippen molar-refractivity contribution in [3.05, 3.63) is 35.9 Å². The van der Waals surface area contributed by atoms with Crippen molar-refractivity contribution in [1.29, 1.82) is 0 Å². The average molecular weight is 963 g/mol. The van der Waals surface area contributed by atoms with Gasteiger partial charge < -0.3 is 66.9 Å². The van der Waals surface area contributed by atoms with Gasteiger partial charge in [-0.1, -0.05) is 84.2 Å². The third-order valence-electron chi connectivity index (χ3n) is 13.0. The number of carbonyl (C=O) groups excluding carboxylic acids is 8. The Morgan fingerprint density at radius 1 is 0.662 bits per heavy atom. The topological polar surface area (TPSA) is 469 Å². The minimum atomic E-state index is -4.57. The summed E-state index contributed by atoms with van der Waals surface area (Å²) in [7, 11) is 0. The van der Waals surface area contributed by atoms with E-state index < -0.39 is 174 Å². The number of hydrogen-bond donors (Lipinski definition) is 12. The Hall–Kier alpha value is -5.24. The fourth-order valence-corrected chi connectivity index (χ4v) is 8.50. The van der Waals surface area contributed by atoms with Crippen LogP contribution in [0.15, 0.2) is 30.3 Å². The fourth-order valence-electron chi connectivity index (χ4n) is 8.50. The summed E-state index contributed by atoms with van der Waals surface area (Å²) in [6, 6.07) is -7.70. The number of hydrogen-bond acceptors (Lipinski definition) is 19. The molecule has 1 aromatic rings. The van der Waals surface area contributed by atoms with Crippen molar-refractivity contribution in [3.63, 3.8) is 0 Å². The first-order valence-corrected chi connectivity index (χ1v) is 22.5. The lowest BCUT2D eigenvalue weighted by Gasteiger charge is -2.58. The highest BCUT2D eigenvalue weighted by atomic mass is 16.4. The van der Waals surface area contributed by atoms with Crippen LogP contribution in [-0.2, 0) is 54.4 Å². The van der Waals surface area contributed by atoms with Crippen LogP contribution in [0.2, 0.25) is 0 Å². The van der Waals surface area contributed by atoms with Gasteiger partial charge in [-0.15, -0.1) is 0 Å². The summed E-state index contributed by atoms with van der Waals surface area (Å²) in [4.78, 5) is 150. The van der Waals surface area contributed by atoms with Crippen LogP contribution in [0.25, 0.3) is 0 Å². The number of carbonyl (C=O) groups is 10. The number of nitrogens with two attached hydrogens (primary N) is 9. The number of aliphatic carboxylic acids is 2. The number of carboxylic acids is 2. The highest BCUT2D eigenvalue weighted by Crippen LogP contribution is 2.58. The van der Waals surface area contributed by atoms with E-state index >= 15 is 33.6 Å². The number of rotatable bonds is 33. The van der Waals surface area contributed by atoms with E-state index in [4.69, 9.17) is 51.6 Å². The molecule has 0 aliphatic carbocycles. The number of primary amides is 1. The van der Waals surface area contributed by atoms with Gasteiger partial charge in [-0.3, -0.25) is 48.1 Å². The number of aliphatic hydroxyl groups is 1. The molecule has 382 valence electrons. The molecule has 3 amide bonds. The number of benzene rings is 1. The van der Waals surface area contributed by atoms with Crippen molar-refractivity contribution < 1.29 is 63.3 Å². The van der Waals surface area contributed by atoms with Crippen LogP contribution in [0, 0.1) is 22.7 Å². The van der Waals surface area contributed by atoms with E-state index in [9.17, 15) is 29.7 Å². The zero-order chi connectivity index (χ0) is 52.6. The van der Waals surface area contributed by atoms with E-state index in [0.29, 0.717) is 6.92 Å². The first-order valence-electron chi connectivity index (χ1n) is 22.5. The van der Waals surface area contributed by atoms with E-state index in [0.717, 1.165) is 0 Å². The third kappa shape index (κ3) is 12.9. The monoisotopic (exact) mass is 963 g/mol. The predicted octanol–water partition coefficient (Wildman–Crippen LogP) is -3.12. The molecule has 12 unspecified atom stereocenters. The standard InChI is InChI=1S/C45H74N10O13/c1-6-23(3)34(53)38(63)43(5,21-31(57)30(51)22-56)44(36(61)29(50)20-32(52)58,39(64)35(54)24(4)7-2)45(42(67)68,37(62)28(49)19-25-13-9-8-10-14-25)55(40(65)26(47)15-11-12-18-46)41(66)27(48)16-17-33(59)60/h8-10,13-14,23-24,26-30,34-35,56H,6-7,11-12,15-22,46-51,53-54H2,1-5H3,(H2,52,58)(H,59,60)(H,67,68). The molecule has 1 aromatic carbocycles. The van der Waals surface area contributed by atoms with Crippen LogP contribution in [0.3, 0.4) is 0 Å². The van der Waals surface area contributed by atoms with E-state index in [1.54, 1.807) is 13.0 Å². The number of nitrogens with zero attached hydrogens (tertiary/aromatic N) is 1. The number of Topliss-reactive ketones (excluding diaryl/α,β-unsaturated/α-hetero) is 5. The van der Waals surface area contributed by atoms with E-state index in [-0.39, 0.29) is 42.7 Å². The highest BCUT2D eigenvalue weighted by Gasteiger charge is 2.82. The quantitative estimate of drug-likeness (QED) is 0.0245. The molecule has 0 spiro atoms. The molecule has 0 saturated heterocycles. The number of aliphatic hydroxyl groups excluding tert-OH is 1. The van der Waals surface area contributed by atoms with Gasteiger partial charge in [0.2, 0.25) is 23.3 Å². The number of ketones is 5. The van der Waals surface area contributed by atoms with Gasteiger partial charge in [-0.05, 0) is 49.6 Å². The number of imide groups is 1. The predicted molar refractivity (Wildman–Crippen MR) is 248 cm³/mol. The second-order valence-corrected chi connectivity index (χ2v) is 17.8. The van der Waals surface area contributed by atoms with E-state index in [1.807, 2.05) is 0 Å². The van der Waals surface area contributed by atoms with Crippen molar-refractivity contribution in [2.45, 2.75) is 147 Å². The molecule has 0 aliphatic rings. The molecule has 0 aliphatic heterocycles. The van der Waals surface area contributed by atoms with Crippen LogP contribution in [-0.4, -0.2) is 140 Å². The number of amides is 3. The largest absolute Gasteiger partial charge is 0.481 e. The van der Waals surface area contributed by atoms with Gasteiger partial charge in [0.15, 0.2) is 28.9 Å². The van der Waals surface area contributed by atoms with Crippen molar-refractivity contribution in [2.75, 3.05) is 13.2 Å². The summed E-state index contributed by atoms with van der Waals surface area (Å²) in [6.45, 7) is 5.49. The Morgan fingerprint density at radius 2 is 1.16 bits per heavy atom. The first-order chi connectivity index (χ1) is 31.6. The van der Waals surface area contributed by atoms with Crippen molar-refractivity contribution in [2.24, 2.45) is 74.3 Å². The summed E-state index contributed by atoms with van der Waals surface area (Å²) >= 11 is 0. The Morgan fingerprint density at radius 3 is 1.60 bits per heavy atom.